The normalized spacial score (nSPS) is 15.4. The van der Waals surface area contributed by atoms with E-state index in [0.29, 0.717) is 23.2 Å². The lowest BCUT2D eigenvalue weighted by molar-refractivity contribution is 0.0944. The predicted molar refractivity (Wildman–Crippen MR) is 96.9 cm³/mol. The van der Waals surface area contributed by atoms with Gasteiger partial charge in [0.15, 0.2) is 0 Å². The van der Waals surface area contributed by atoms with Gasteiger partial charge < -0.3 is 4.57 Å². The van der Waals surface area contributed by atoms with E-state index in [0.717, 1.165) is 12.0 Å². The maximum absolute atomic E-state index is 12.1. The minimum Gasteiger partial charge on any atom is -0.336 e. The zero-order chi connectivity index (χ0) is 16.9. The fraction of sp³-hybridized carbons (Fsp3) is 0.421. The molecule has 4 nitrogen and oxygen atoms in total. The van der Waals surface area contributed by atoms with Crippen LogP contribution >= 0.6 is 11.6 Å². The van der Waals surface area contributed by atoms with Gasteiger partial charge in [0.2, 0.25) is 0 Å². The zero-order valence-electron chi connectivity index (χ0n) is 13.8. The summed E-state index contributed by atoms with van der Waals surface area (Å²) in [6.07, 6.45) is 7.57. The van der Waals surface area contributed by atoms with E-state index in [9.17, 15) is 4.79 Å². The van der Waals surface area contributed by atoms with Crippen molar-refractivity contribution in [3.63, 3.8) is 0 Å². The van der Waals surface area contributed by atoms with E-state index in [1.807, 2.05) is 30.3 Å². The molecule has 1 aliphatic carbocycles. The van der Waals surface area contributed by atoms with Crippen molar-refractivity contribution < 1.29 is 4.79 Å². The molecule has 0 unspecified atom stereocenters. The second-order valence-corrected chi connectivity index (χ2v) is 7.04. The minimum atomic E-state index is -0.251. The van der Waals surface area contributed by atoms with Crippen molar-refractivity contribution in [3.8, 4) is 0 Å². The topological polar surface area (TPSA) is 60.0 Å². The Morgan fingerprint density at radius 2 is 1.83 bits per heavy atom. The quantitative estimate of drug-likeness (QED) is 0.490. The summed E-state index contributed by atoms with van der Waals surface area (Å²) in [7, 11) is 0. The first kappa shape index (κ1) is 17.1. The third-order valence-corrected chi connectivity index (χ3v) is 5.16. The molecule has 2 aromatic rings. The van der Waals surface area contributed by atoms with Crippen LogP contribution in [0, 0.1) is 5.92 Å². The Bertz CT molecular complexity index is 687. The molecule has 0 saturated heterocycles. The molecule has 3 rings (SSSR count). The van der Waals surface area contributed by atoms with Crippen molar-refractivity contribution >= 4 is 17.5 Å². The van der Waals surface area contributed by atoms with Crippen LogP contribution in [0.2, 0.25) is 5.02 Å². The molecule has 0 aliphatic heterocycles. The number of nitrogens with one attached hydrogen (secondary N) is 1. The number of hydrogen-bond acceptors (Lipinski definition) is 2. The highest BCUT2D eigenvalue weighted by molar-refractivity contribution is 6.30. The van der Waals surface area contributed by atoms with Crippen LogP contribution in [-0.2, 0) is 13.0 Å². The molecule has 1 amide bonds. The highest BCUT2D eigenvalue weighted by Gasteiger charge is 2.19. The highest BCUT2D eigenvalue weighted by Crippen LogP contribution is 2.28. The summed E-state index contributed by atoms with van der Waals surface area (Å²) in [5.74, 6) is 5.81. The minimum absolute atomic E-state index is 0.251. The van der Waals surface area contributed by atoms with Crippen molar-refractivity contribution in [2.75, 3.05) is 0 Å². The summed E-state index contributed by atoms with van der Waals surface area (Å²) in [5, 5.41) is 0.716. The van der Waals surface area contributed by atoms with Gasteiger partial charge in [-0.1, -0.05) is 55.8 Å². The molecule has 5 heteroatoms. The van der Waals surface area contributed by atoms with Gasteiger partial charge in [0.1, 0.15) is 5.69 Å². The van der Waals surface area contributed by atoms with Gasteiger partial charge in [0.25, 0.3) is 5.91 Å². The Hall–Kier alpha value is -1.78. The number of nitrogens with zero attached hydrogens (tertiary/aromatic N) is 1. The number of amides is 1. The summed E-state index contributed by atoms with van der Waals surface area (Å²) in [6, 6.07) is 11.7. The number of nitrogen functional groups attached to an aromatic ring is 1. The molecular formula is C19H24ClN3O. The number of carbonyl (C=O) groups is 1. The van der Waals surface area contributed by atoms with E-state index >= 15 is 0 Å². The van der Waals surface area contributed by atoms with Gasteiger partial charge in [-0.25, -0.2) is 5.84 Å². The number of hydrazine groups is 1. The Kier molecular flexibility index (Phi) is 5.59. The fourth-order valence-corrected chi connectivity index (χ4v) is 3.73. The van der Waals surface area contributed by atoms with Crippen LogP contribution < -0.4 is 11.3 Å². The van der Waals surface area contributed by atoms with Gasteiger partial charge in [-0.2, -0.15) is 0 Å². The number of nitrogens with two attached hydrogens (primary N) is 1. The smallest absolute Gasteiger partial charge is 0.281 e. The van der Waals surface area contributed by atoms with Crippen LogP contribution in [0.5, 0.6) is 0 Å². The lowest BCUT2D eigenvalue weighted by Gasteiger charge is -2.22. The SMILES string of the molecule is NNC(=O)c1ccc(CC2CCCCC2)n1Cc1ccc(Cl)cc1. The number of rotatable bonds is 5. The van der Waals surface area contributed by atoms with Crippen molar-refractivity contribution in [2.24, 2.45) is 11.8 Å². The molecule has 1 saturated carbocycles. The van der Waals surface area contributed by atoms with Gasteiger partial charge in [-0.3, -0.25) is 10.2 Å². The molecule has 1 heterocycles. The van der Waals surface area contributed by atoms with Crippen molar-refractivity contribution in [3.05, 3.63) is 58.4 Å². The molecule has 0 spiro atoms. The van der Waals surface area contributed by atoms with Gasteiger partial charge in [-0.15, -0.1) is 0 Å². The first-order chi connectivity index (χ1) is 11.7. The second kappa shape index (κ2) is 7.86. The van der Waals surface area contributed by atoms with Gasteiger partial charge >= 0.3 is 0 Å². The maximum atomic E-state index is 12.1. The predicted octanol–water partition coefficient (Wildman–Crippen LogP) is 3.92. The van der Waals surface area contributed by atoms with Gasteiger partial charge in [0, 0.05) is 17.3 Å². The molecular weight excluding hydrogens is 322 g/mol. The molecule has 1 aliphatic rings. The van der Waals surface area contributed by atoms with E-state index in [1.54, 1.807) is 0 Å². The average molecular weight is 346 g/mol. The molecule has 3 N–H and O–H groups in total. The second-order valence-electron chi connectivity index (χ2n) is 6.60. The third-order valence-electron chi connectivity index (χ3n) is 4.91. The molecule has 128 valence electrons. The van der Waals surface area contributed by atoms with Gasteiger partial charge in [0.05, 0.1) is 0 Å². The molecule has 24 heavy (non-hydrogen) atoms. The van der Waals surface area contributed by atoms with Crippen molar-refractivity contribution in [1.82, 2.24) is 9.99 Å². The summed E-state index contributed by atoms with van der Waals surface area (Å²) in [6.45, 7) is 0.648. The number of halogens is 1. The number of hydrogen-bond donors (Lipinski definition) is 2. The van der Waals surface area contributed by atoms with Crippen LogP contribution in [0.25, 0.3) is 0 Å². The molecule has 0 bridgehead atoms. The van der Waals surface area contributed by atoms with E-state index in [1.165, 1.54) is 37.8 Å². The lowest BCUT2D eigenvalue weighted by atomic mass is 9.86. The standard InChI is InChI=1S/C19H24ClN3O/c20-16-8-6-15(7-9-16)13-23-17(10-11-18(23)19(24)22-21)12-14-4-2-1-3-5-14/h6-11,14H,1-5,12-13,21H2,(H,22,24). The first-order valence-electron chi connectivity index (χ1n) is 8.61. The van der Waals surface area contributed by atoms with Gasteiger partial charge in [-0.05, 0) is 42.2 Å². The van der Waals surface area contributed by atoms with Crippen LogP contribution in [0.4, 0.5) is 0 Å². The third kappa shape index (κ3) is 4.00. The first-order valence-corrected chi connectivity index (χ1v) is 8.99. The van der Waals surface area contributed by atoms with Crippen molar-refractivity contribution in [2.45, 2.75) is 45.1 Å². The van der Waals surface area contributed by atoms with E-state index < -0.39 is 0 Å². The average Bonchev–Trinajstić information content (AvgIpc) is 2.99. The highest BCUT2D eigenvalue weighted by atomic mass is 35.5. The van der Waals surface area contributed by atoms with Crippen molar-refractivity contribution in [1.29, 1.82) is 0 Å². The van der Waals surface area contributed by atoms with E-state index in [2.05, 4.69) is 16.1 Å². The van der Waals surface area contributed by atoms with Crippen LogP contribution in [0.3, 0.4) is 0 Å². The number of benzene rings is 1. The Balaban J connectivity index is 1.86. The maximum Gasteiger partial charge on any atom is 0.281 e. The largest absolute Gasteiger partial charge is 0.336 e. The van der Waals surface area contributed by atoms with E-state index in [4.69, 9.17) is 17.4 Å². The van der Waals surface area contributed by atoms with E-state index in [-0.39, 0.29) is 5.91 Å². The molecule has 0 radical (unpaired) electrons. The van der Waals surface area contributed by atoms with Crippen LogP contribution in [-0.4, -0.2) is 10.5 Å². The Morgan fingerprint density at radius 1 is 1.12 bits per heavy atom. The summed E-state index contributed by atoms with van der Waals surface area (Å²) >= 11 is 5.97. The fourth-order valence-electron chi connectivity index (χ4n) is 3.61. The molecule has 0 atom stereocenters. The number of aromatic nitrogens is 1. The molecule has 1 aromatic carbocycles. The monoisotopic (exact) mass is 345 g/mol. The summed E-state index contributed by atoms with van der Waals surface area (Å²) in [4.78, 5) is 12.1. The zero-order valence-corrected chi connectivity index (χ0v) is 14.6. The lowest BCUT2D eigenvalue weighted by Crippen LogP contribution is -2.32. The molecule has 1 aromatic heterocycles. The number of carbonyl (C=O) groups excluding carboxylic acids is 1. The Labute approximate surface area is 148 Å². The summed E-state index contributed by atoms with van der Waals surface area (Å²) in [5.41, 5.74) is 5.18. The summed E-state index contributed by atoms with van der Waals surface area (Å²) < 4.78 is 2.08. The van der Waals surface area contributed by atoms with Crippen LogP contribution in [0.15, 0.2) is 36.4 Å². The Morgan fingerprint density at radius 3 is 2.50 bits per heavy atom. The van der Waals surface area contributed by atoms with Crippen LogP contribution in [0.1, 0.15) is 53.8 Å². The molecule has 1 fully saturated rings.